The number of amides is 1. The number of hydrogen-bond acceptors (Lipinski definition) is 4. The molecule has 0 N–H and O–H groups in total. The highest BCUT2D eigenvalue weighted by atomic mass is 35.5. The summed E-state index contributed by atoms with van der Waals surface area (Å²) in [5.74, 6) is -0.0279. The zero-order valence-electron chi connectivity index (χ0n) is 14.2. The zero-order valence-corrected chi connectivity index (χ0v) is 16.5. The molecule has 0 atom stereocenters. The first-order valence-corrected chi connectivity index (χ1v) is 9.62. The molecule has 7 heteroatoms. The molecule has 1 aliphatic heterocycles. The average Bonchev–Trinajstić information content (AvgIpc) is 2.90. The van der Waals surface area contributed by atoms with Crippen molar-refractivity contribution in [2.45, 2.75) is 6.61 Å². The summed E-state index contributed by atoms with van der Waals surface area (Å²) in [4.78, 5) is 14.5. The summed E-state index contributed by atoms with van der Waals surface area (Å²) < 4.78 is 20.1. The maximum absolute atomic E-state index is 13.8. The lowest BCUT2D eigenvalue weighted by Crippen LogP contribution is -2.27. The Morgan fingerprint density at radius 2 is 2.07 bits per heavy atom. The second kappa shape index (κ2) is 8.69. The van der Waals surface area contributed by atoms with Gasteiger partial charge in [0.25, 0.3) is 5.91 Å². The van der Waals surface area contributed by atoms with Gasteiger partial charge in [0.1, 0.15) is 22.5 Å². The molecule has 1 amide bonds. The molecule has 1 saturated heterocycles. The Bertz CT molecular complexity index is 945. The van der Waals surface area contributed by atoms with E-state index in [0.717, 1.165) is 0 Å². The molecule has 3 rings (SSSR count). The minimum absolute atomic E-state index is 0.0621. The van der Waals surface area contributed by atoms with Crippen molar-refractivity contribution in [2.24, 2.45) is 0 Å². The van der Waals surface area contributed by atoms with Crippen LogP contribution in [0.15, 0.2) is 60.0 Å². The Kier molecular flexibility index (Phi) is 6.31. The van der Waals surface area contributed by atoms with Crippen LogP contribution in [0.2, 0.25) is 5.02 Å². The molecule has 2 aromatic rings. The van der Waals surface area contributed by atoms with E-state index in [0.29, 0.717) is 37.7 Å². The lowest BCUT2D eigenvalue weighted by atomic mass is 10.1. The van der Waals surface area contributed by atoms with E-state index in [9.17, 15) is 9.18 Å². The largest absolute Gasteiger partial charge is 0.488 e. The van der Waals surface area contributed by atoms with E-state index in [4.69, 9.17) is 28.6 Å². The van der Waals surface area contributed by atoms with Crippen LogP contribution >= 0.6 is 35.6 Å². The normalized spacial score (nSPS) is 15.5. The summed E-state index contributed by atoms with van der Waals surface area (Å²) in [6.45, 7) is 4.06. The van der Waals surface area contributed by atoms with Gasteiger partial charge in [-0.25, -0.2) is 4.39 Å². The second-order valence-electron chi connectivity index (χ2n) is 5.64. The van der Waals surface area contributed by atoms with Gasteiger partial charge in [-0.1, -0.05) is 59.9 Å². The molecule has 0 unspecified atom stereocenters. The predicted molar refractivity (Wildman–Crippen MR) is 112 cm³/mol. The van der Waals surface area contributed by atoms with E-state index in [1.807, 2.05) is 0 Å². The second-order valence-corrected chi connectivity index (χ2v) is 7.76. The number of ether oxygens (including phenoxy) is 1. The van der Waals surface area contributed by atoms with Crippen LogP contribution < -0.4 is 4.74 Å². The summed E-state index contributed by atoms with van der Waals surface area (Å²) in [5, 5.41) is 0.501. The number of thioether (sulfide) groups is 1. The molecule has 1 fully saturated rings. The van der Waals surface area contributed by atoms with Crippen LogP contribution in [-0.4, -0.2) is 21.7 Å². The highest BCUT2D eigenvalue weighted by Crippen LogP contribution is 2.35. The van der Waals surface area contributed by atoms with Gasteiger partial charge in [-0.3, -0.25) is 9.69 Å². The first-order valence-electron chi connectivity index (χ1n) is 8.01. The van der Waals surface area contributed by atoms with E-state index in [-0.39, 0.29) is 18.3 Å². The molecule has 0 aromatic heterocycles. The summed E-state index contributed by atoms with van der Waals surface area (Å²) in [6.07, 6.45) is 3.31. The minimum Gasteiger partial charge on any atom is -0.488 e. The fourth-order valence-electron chi connectivity index (χ4n) is 2.46. The summed E-state index contributed by atoms with van der Waals surface area (Å²) in [5.41, 5.74) is 1.06. The van der Waals surface area contributed by atoms with E-state index < -0.39 is 0 Å². The van der Waals surface area contributed by atoms with E-state index >= 15 is 0 Å². The highest BCUT2D eigenvalue weighted by Gasteiger charge is 2.31. The summed E-state index contributed by atoms with van der Waals surface area (Å²) >= 11 is 12.6. The van der Waals surface area contributed by atoms with E-state index in [2.05, 4.69) is 6.58 Å². The Balaban J connectivity index is 1.86. The molecule has 2 aromatic carbocycles. The number of thiocarbonyl (C=S) groups is 1. The van der Waals surface area contributed by atoms with Crippen molar-refractivity contribution in [3.63, 3.8) is 0 Å². The van der Waals surface area contributed by atoms with Gasteiger partial charge in [-0.15, -0.1) is 6.58 Å². The maximum atomic E-state index is 13.8. The zero-order chi connectivity index (χ0) is 19.4. The first-order chi connectivity index (χ1) is 13.0. The fraction of sp³-hybridized carbons (Fsp3) is 0.100. The third kappa shape index (κ3) is 4.58. The number of hydrogen-bond donors (Lipinski definition) is 0. The SMILES string of the molecule is C=CCN1C(=O)/C(=C/c2cc(Cl)ccc2OCc2ccccc2F)SC1=S. The van der Waals surface area contributed by atoms with Gasteiger partial charge in [0, 0.05) is 22.7 Å². The fourth-order valence-corrected chi connectivity index (χ4v) is 3.91. The molecule has 0 radical (unpaired) electrons. The molecule has 0 aliphatic carbocycles. The number of halogens is 2. The van der Waals surface area contributed by atoms with Crippen molar-refractivity contribution in [1.82, 2.24) is 4.90 Å². The third-order valence-corrected chi connectivity index (χ3v) is 5.40. The highest BCUT2D eigenvalue weighted by molar-refractivity contribution is 8.26. The van der Waals surface area contributed by atoms with Crippen LogP contribution in [0.5, 0.6) is 5.75 Å². The maximum Gasteiger partial charge on any atom is 0.266 e. The quantitative estimate of drug-likeness (QED) is 0.354. The molecular weight excluding hydrogens is 405 g/mol. The number of rotatable bonds is 6. The van der Waals surface area contributed by atoms with Crippen LogP contribution in [0.1, 0.15) is 11.1 Å². The number of nitrogens with zero attached hydrogens (tertiary/aromatic N) is 1. The molecule has 1 aliphatic rings. The molecule has 27 heavy (non-hydrogen) atoms. The van der Waals surface area contributed by atoms with Crippen LogP contribution in [0.25, 0.3) is 6.08 Å². The van der Waals surface area contributed by atoms with Gasteiger partial charge < -0.3 is 4.74 Å². The topological polar surface area (TPSA) is 29.5 Å². The molecule has 0 spiro atoms. The van der Waals surface area contributed by atoms with E-state index in [1.165, 1.54) is 22.7 Å². The standard InChI is InChI=1S/C20H15ClFNO2S2/c1-2-9-23-19(24)18(27-20(23)26)11-14-10-15(21)7-8-17(14)25-12-13-5-3-4-6-16(13)22/h2-8,10-11H,1,9,12H2/b18-11-. The van der Waals surface area contributed by atoms with Crippen molar-refractivity contribution in [2.75, 3.05) is 6.54 Å². The first kappa shape index (κ1) is 19.6. The minimum atomic E-state index is -0.335. The van der Waals surface area contributed by atoms with E-state index in [1.54, 1.807) is 48.6 Å². The van der Waals surface area contributed by atoms with Crippen molar-refractivity contribution < 1.29 is 13.9 Å². The van der Waals surface area contributed by atoms with Crippen LogP contribution in [-0.2, 0) is 11.4 Å². The van der Waals surface area contributed by atoms with Crippen molar-refractivity contribution in [3.8, 4) is 5.75 Å². The molecular formula is C20H15ClFNO2S2. The molecule has 1 heterocycles. The molecule has 0 saturated carbocycles. The lowest BCUT2D eigenvalue weighted by Gasteiger charge is -2.11. The predicted octanol–water partition coefficient (Wildman–Crippen LogP) is 5.45. The van der Waals surface area contributed by atoms with Crippen molar-refractivity contribution in [1.29, 1.82) is 0 Å². The van der Waals surface area contributed by atoms with Gasteiger partial charge in [0.05, 0.1) is 4.91 Å². The molecule has 3 nitrogen and oxygen atoms in total. The third-order valence-electron chi connectivity index (χ3n) is 3.78. The monoisotopic (exact) mass is 419 g/mol. The number of benzene rings is 2. The van der Waals surface area contributed by atoms with Gasteiger partial charge in [0.15, 0.2) is 0 Å². The van der Waals surface area contributed by atoms with Crippen LogP contribution in [0.3, 0.4) is 0 Å². The molecule has 0 bridgehead atoms. The van der Waals surface area contributed by atoms with Gasteiger partial charge in [-0.05, 0) is 30.3 Å². The van der Waals surface area contributed by atoms with Crippen molar-refractivity contribution in [3.05, 3.63) is 82.0 Å². The Morgan fingerprint density at radius 1 is 1.30 bits per heavy atom. The summed E-state index contributed by atoms with van der Waals surface area (Å²) in [6, 6.07) is 11.5. The van der Waals surface area contributed by atoms with Gasteiger partial charge in [-0.2, -0.15) is 0 Å². The number of carbonyl (C=O) groups is 1. The average molecular weight is 420 g/mol. The van der Waals surface area contributed by atoms with Crippen LogP contribution in [0, 0.1) is 5.82 Å². The molecule has 138 valence electrons. The lowest BCUT2D eigenvalue weighted by molar-refractivity contribution is -0.121. The Labute approximate surface area is 171 Å². The smallest absolute Gasteiger partial charge is 0.266 e. The summed E-state index contributed by atoms with van der Waals surface area (Å²) in [7, 11) is 0. The number of carbonyl (C=O) groups excluding carboxylic acids is 1. The Hall–Kier alpha value is -2.15. The van der Waals surface area contributed by atoms with Gasteiger partial charge >= 0.3 is 0 Å². The van der Waals surface area contributed by atoms with Crippen LogP contribution in [0.4, 0.5) is 4.39 Å². The van der Waals surface area contributed by atoms with Crippen molar-refractivity contribution >= 4 is 51.9 Å². The van der Waals surface area contributed by atoms with Gasteiger partial charge in [0.2, 0.25) is 0 Å². The Morgan fingerprint density at radius 3 is 2.81 bits per heavy atom.